The van der Waals surface area contributed by atoms with Crippen molar-refractivity contribution in [1.29, 1.82) is 0 Å². The number of amides is 1. The second-order valence-electron chi connectivity index (χ2n) is 10.4. The van der Waals surface area contributed by atoms with Crippen molar-refractivity contribution in [3.63, 3.8) is 0 Å². The number of benzene rings is 4. The Labute approximate surface area is 241 Å². The fourth-order valence-corrected chi connectivity index (χ4v) is 5.22. The van der Waals surface area contributed by atoms with Gasteiger partial charge in [0.2, 0.25) is 0 Å². The molecule has 214 valence electrons. The Bertz CT molecular complexity index is 1810. The molecule has 4 aromatic carbocycles. The summed E-state index contributed by atoms with van der Waals surface area (Å²) < 4.78 is 42.2. The molecule has 5 rings (SSSR count). The van der Waals surface area contributed by atoms with Crippen LogP contribution in [-0.4, -0.2) is 26.9 Å². The van der Waals surface area contributed by atoms with Gasteiger partial charge in [-0.05, 0) is 74.7 Å². The topological polar surface area (TPSA) is 55.2 Å². The number of aryl methyl sites for hydroxylation is 2. The van der Waals surface area contributed by atoms with Crippen molar-refractivity contribution >= 4 is 16.8 Å². The molecule has 8 heteroatoms. The van der Waals surface area contributed by atoms with Gasteiger partial charge >= 0.3 is 6.18 Å². The summed E-state index contributed by atoms with van der Waals surface area (Å²) in [6.45, 7) is 5.81. The number of para-hydroxylation sites is 1. The van der Waals surface area contributed by atoms with Crippen molar-refractivity contribution in [3.8, 4) is 5.69 Å². The highest BCUT2D eigenvalue weighted by Gasteiger charge is 2.33. The first kappa shape index (κ1) is 28.8. The van der Waals surface area contributed by atoms with Crippen molar-refractivity contribution in [2.75, 3.05) is 6.54 Å². The van der Waals surface area contributed by atoms with E-state index in [1.54, 1.807) is 31.2 Å². The highest BCUT2D eigenvalue weighted by Crippen LogP contribution is 2.31. The second kappa shape index (κ2) is 11.6. The molecule has 5 aromatic rings. The second-order valence-corrected chi connectivity index (χ2v) is 10.4. The van der Waals surface area contributed by atoms with Gasteiger partial charge in [0.05, 0.1) is 28.2 Å². The smallest absolute Gasteiger partial charge is 0.328 e. The summed E-state index contributed by atoms with van der Waals surface area (Å²) in [5, 5.41) is 0.425. The Morgan fingerprint density at radius 2 is 1.62 bits per heavy atom. The number of hydrogen-bond donors (Lipinski definition) is 0. The van der Waals surface area contributed by atoms with Crippen molar-refractivity contribution in [1.82, 2.24) is 14.5 Å². The minimum atomic E-state index is -4.60. The first-order valence-electron chi connectivity index (χ1n) is 13.7. The van der Waals surface area contributed by atoms with Crippen LogP contribution in [-0.2, 0) is 12.6 Å². The van der Waals surface area contributed by atoms with Crippen molar-refractivity contribution < 1.29 is 18.0 Å². The van der Waals surface area contributed by atoms with E-state index in [0.717, 1.165) is 28.8 Å². The summed E-state index contributed by atoms with van der Waals surface area (Å²) in [4.78, 5) is 34.4. The monoisotopic (exact) mass is 569 g/mol. The molecular weight excluding hydrogens is 539 g/mol. The zero-order valence-electron chi connectivity index (χ0n) is 23.5. The largest absolute Gasteiger partial charge is 0.416 e. The van der Waals surface area contributed by atoms with Gasteiger partial charge in [0, 0.05) is 12.1 Å². The fraction of sp³-hybridized carbons (Fsp3) is 0.206. The summed E-state index contributed by atoms with van der Waals surface area (Å²) in [6, 6.07) is 25.9. The maximum Gasteiger partial charge on any atom is 0.416 e. The molecule has 0 radical (unpaired) electrons. The Morgan fingerprint density at radius 3 is 2.33 bits per heavy atom. The number of aromatic nitrogens is 2. The molecule has 0 aliphatic carbocycles. The summed E-state index contributed by atoms with van der Waals surface area (Å²) in [5.41, 5.74) is 2.65. The maximum absolute atomic E-state index is 14.0. The fourth-order valence-electron chi connectivity index (χ4n) is 5.22. The third-order valence-electron chi connectivity index (χ3n) is 7.42. The molecule has 0 spiro atoms. The highest BCUT2D eigenvalue weighted by atomic mass is 19.4. The van der Waals surface area contributed by atoms with Crippen LogP contribution in [0.3, 0.4) is 0 Å². The number of hydrogen-bond acceptors (Lipinski definition) is 3. The molecular formula is C34H30F3N3O2. The summed E-state index contributed by atoms with van der Waals surface area (Å²) in [7, 11) is 0. The molecule has 1 heterocycles. The predicted molar refractivity (Wildman–Crippen MR) is 158 cm³/mol. The van der Waals surface area contributed by atoms with Gasteiger partial charge in [0.15, 0.2) is 0 Å². The lowest BCUT2D eigenvalue weighted by molar-refractivity contribution is -0.137. The molecule has 0 aliphatic heterocycles. The maximum atomic E-state index is 14.0. The molecule has 1 amide bonds. The van der Waals surface area contributed by atoms with Crippen molar-refractivity contribution in [2.45, 2.75) is 39.4 Å². The van der Waals surface area contributed by atoms with Gasteiger partial charge in [-0.2, -0.15) is 13.2 Å². The minimum absolute atomic E-state index is 0.0917. The summed E-state index contributed by atoms with van der Waals surface area (Å²) >= 11 is 0. The Balaban J connectivity index is 1.68. The van der Waals surface area contributed by atoms with Crippen molar-refractivity contribution in [3.05, 3.63) is 141 Å². The first-order valence-corrected chi connectivity index (χ1v) is 13.7. The molecule has 0 saturated heterocycles. The average Bonchev–Trinajstić information content (AvgIpc) is 2.97. The van der Waals surface area contributed by atoms with Gasteiger partial charge in [0.25, 0.3) is 11.5 Å². The summed E-state index contributed by atoms with van der Waals surface area (Å²) in [5.74, 6) is -0.266. The quantitative estimate of drug-likeness (QED) is 0.204. The van der Waals surface area contributed by atoms with Crippen LogP contribution in [0.25, 0.3) is 16.6 Å². The number of rotatable bonds is 7. The van der Waals surface area contributed by atoms with Crippen LogP contribution in [0.2, 0.25) is 0 Å². The van der Waals surface area contributed by atoms with Crippen LogP contribution in [0.5, 0.6) is 0 Å². The van der Waals surface area contributed by atoms with Crippen LogP contribution >= 0.6 is 0 Å². The molecule has 1 atom stereocenters. The molecule has 0 N–H and O–H groups in total. The lowest BCUT2D eigenvalue weighted by atomic mass is 10.1. The first-order chi connectivity index (χ1) is 20.0. The number of nitrogens with zero attached hydrogens (tertiary/aromatic N) is 3. The van der Waals surface area contributed by atoms with E-state index in [0.29, 0.717) is 28.8 Å². The van der Waals surface area contributed by atoms with Gasteiger partial charge in [0.1, 0.15) is 5.82 Å². The van der Waals surface area contributed by atoms with E-state index in [1.165, 1.54) is 21.6 Å². The van der Waals surface area contributed by atoms with Crippen LogP contribution in [0.15, 0.2) is 102 Å². The van der Waals surface area contributed by atoms with Crippen LogP contribution in [0.1, 0.15) is 51.4 Å². The summed E-state index contributed by atoms with van der Waals surface area (Å²) in [6.07, 6.45) is -4.14. The number of carbonyl (C=O) groups is 1. The van der Waals surface area contributed by atoms with Gasteiger partial charge in [-0.25, -0.2) is 4.98 Å². The van der Waals surface area contributed by atoms with E-state index in [1.807, 2.05) is 62.4 Å². The van der Waals surface area contributed by atoms with E-state index >= 15 is 0 Å². The molecule has 0 aliphatic rings. The Kier molecular flexibility index (Phi) is 7.98. The predicted octanol–water partition coefficient (Wildman–Crippen LogP) is 7.47. The van der Waals surface area contributed by atoms with Gasteiger partial charge in [-0.15, -0.1) is 0 Å². The van der Waals surface area contributed by atoms with Crippen LogP contribution in [0.4, 0.5) is 13.2 Å². The number of carbonyl (C=O) groups excluding carboxylic acids is 1. The van der Waals surface area contributed by atoms with E-state index < -0.39 is 23.7 Å². The number of fused-ring (bicyclic) bond motifs is 1. The van der Waals surface area contributed by atoms with Crippen LogP contribution < -0.4 is 5.56 Å². The minimum Gasteiger partial charge on any atom is -0.328 e. The van der Waals surface area contributed by atoms with E-state index in [4.69, 9.17) is 4.98 Å². The molecule has 42 heavy (non-hydrogen) atoms. The number of halogens is 3. The zero-order valence-corrected chi connectivity index (χ0v) is 23.5. The van der Waals surface area contributed by atoms with E-state index in [-0.39, 0.29) is 17.7 Å². The molecule has 1 unspecified atom stereocenters. The molecule has 0 bridgehead atoms. The molecule has 0 fully saturated rings. The lowest BCUT2D eigenvalue weighted by Crippen LogP contribution is -2.39. The molecule has 0 saturated carbocycles. The highest BCUT2D eigenvalue weighted by molar-refractivity contribution is 5.94. The third kappa shape index (κ3) is 5.84. The van der Waals surface area contributed by atoms with Gasteiger partial charge in [-0.1, -0.05) is 66.2 Å². The van der Waals surface area contributed by atoms with Crippen molar-refractivity contribution in [2.24, 2.45) is 0 Å². The standard InChI is InChI=1S/C34H30F3N3O2/c1-22-16-17-30(23(2)20-22)40-31(38-29-15-8-7-14-28(29)33(40)42)24(3)39(19-18-25-10-5-4-6-11-25)32(41)26-12-9-13-27(21-26)34(35,36)37/h4-17,20-21,24H,18-19H2,1-3H3. The average molecular weight is 570 g/mol. The molecule has 5 nitrogen and oxygen atoms in total. The van der Waals surface area contributed by atoms with Crippen LogP contribution in [0, 0.1) is 13.8 Å². The Morgan fingerprint density at radius 1 is 0.905 bits per heavy atom. The zero-order chi connectivity index (χ0) is 30.0. The Hall–Kier alpha value is -4.72. The lowest BCUT2D eigenvalue weighted by Gasteiger charge is -2.31. The number of alkyl halides is 3. The van der Waals surface area contributed by atoms with E-state index in [2.05, 4.69) is 0 Å². The SMILES string of the molecule is Cc1ccc(-n2c(C(C)N(CCc3ccccc3)C(=O)c3cccc(C(F)(F)F)c3)nc3ccccc3c2=O)c(C)c1. The molecule has 1 aromatic heterocycles. The normalized spacial score (nSPS) is 12.3. The van der Waals surface area contributed by atoms with Gasteiger partial charge < -0.3 is 4.90 Å². The third-order valence-corrected chi connectivity index (χ3v) is 7.42. The van der Waals surface area contributed by atoms with Gasteiger partial charge in [-0.3, -0.25) is 14.2 Å². The van der Waals surface area contributed by atoms with E-state index in [9.17, 15) is 22.8 Å².